The standard InChI is InChI=1S/C36H33N9O3S/c1-22-3-9-28(10-4-22)49(47,48)45-32-17-24(26-7-12-34(39-20-26)43-15-13-38-14-16-43)5-6-25(32)18-33(45)35(46)29-21-40-44(36(29)37)27-8-11-30-31(19-27)42-23(2)41-30/h3-12,17-21,38H,13-16,37H2,1-2H3,(H,41,42). The molecule has 1 aliphatic rings. The van der Waals surface area contributed by atoms with E-state index in [0.29, 0.717) is 16.6 Å². The second-order valence-corrected chi connectivity index (χ2v) is 14.0. The van der Waals surface area contributed by atoms with Crippen LogP contribution in [0.5, 0.6) is 0 Å². The van der Waals surface area contributed by atoms with Crippen molar-refractivity contribution < 1.29 is 13.2 Å². The van der Waals surface area contributed by atoms with Gasteiger partial charge in [-0.15, -0.1) is 0 Å². The molecule has 246 valence electrons. The summed E-state index contributed by atoms with van der Waals surface area (Å²) in [6, 6.07) is 23.1. The predicted molar refractivity (Wildman–Crippen MR) is 190 cm³/mol. The Hall–Kier alpha value is -5.79. The number of nitrogens with two attached hydrogens (primary N) is 1. The fourth-order valence-corrected chi connectivity index (χ4v) is 7.86. The number of anilines is 2. The third kappa shape index (κ3) is 5.32. The number of aromatic amines is 1. The van der Waals surface area contributed by atoms with Gasteiger partial charge in [0, 0.05) is 43.3 Å². The van der Waals surface area contributed by atoms with Crippen molar-refractivity contribution in [3.63, 3.8) is 0 Å². The van der Waals surface area contributed by atoms with E-state index in [9.17, 15) is 13.2 Å². The zero-order chi connectivity index (χ0) is 33.9. The van der Waals surface area contributed by atoms with Gasteiger partial charge < -0.3 is 20.9 Å². The van der Waals surface area contributed by atoms with E-state index in [0.717, 1.165) is 69.5 Å². The number of benzene rings is 3. The molecule has 0 unspecified atom stereocenters. The highest BCUT2D eigenvalue weighted by Gasteiger charge is 2.29. The van der Waals surface area contributed by atoms with Crippen LogP contribution in [-0.2, 0) is 10.0 Å². The van der Waals surface area contributed by atoms with Crippen molar-refractivity contribution in [2.75, 3.05) is 36.8 Å². The molecular weight excluding hydrogens is 639 g/mol. The molecule has 5 heterocycles. The Morgan fingerprint density at radius 3 is 2.41 bits per heavy atom. The van der Waals surface area contributed by atoms with Crippen LogP contribution in [0.2, 0.25) is 0 Å². The van der Waals surface area contributed by atoms with E-state index in [1.807, 2.05) is 56.3 Å². The van der Waals surface area contributed by atoms with Gasteiger partial charge in [0.05, 0.1) is 38.9 Å². The molecule has 1 aliphatic heterocycles. The number of hydrogen-bond acceptors (Lipinski definition) is 9. The maximum atomic E-state index is 14.4. The molecule has 0 atom stereocenters. The maximum absolute atomic E-state index is 14.4. The summed E-state index contributed by atoms with van der Waals surface area (Å²) in [5, 5.41) is 8.35. The van der Waals surface area contributed by atoms with Gasteiger partial charge in [0.1, 0.15) is 23.2 Å². The average molecular weight is 672 g/mol. The minimum atomic E-state index is -4.24. The number of hydrogen-bond donors (Lipinski definition) is 3. The number of H-pyrrole nitrogens is 1. The largest absolute Gasteiger partial charge is 0.383 e. The number of ketones is 1. The summed E-state index contributed by atoms with van der Waals surface area (Å²) in [4.78, 5) is 29.0. The van der Waals surface area contributed by atoms with Crippen molar-refractivity contribution in [1.82, 2.24) is 34.0 Å². The molecule has 12 nitrogen and oxygen atoms in total. The highest BCUT2D eigenvalue weighted by Crippen LogP contribution is 2.33. The van der Waals surface area contributed by atoms with E-state index in [4.69, 9.17) is 10.7 Å². The minimum Gasteiger partial charge on any atom is -0.383 e. The van der Waals surface area contributed by atoms with Crippen LogP contribution >= 0.6 is 0 Å². The number of aryl methyl sites for hydroxylation is 2. The lowest BCUT2D eigenvalue weighted by molar-refractivity contribution is 0.103. The maximum Gasteiger partial charge on any atom is 0.268 e. The van der Waals surface area contributed by atoms with Crippen LogP contribution < -0.4 is 16.0 Å². The van der Waals surface area contributed by atoms with Crippen LogP contribution in [0, 0.1) is 13.8 Å². The second-order valence-electron chi connectivity index (χ2n) is 12.2. The first-order valence-electron chi connectivity index (χ1n) is 15.9. The Morgan fingerprint density at radius 2 is 1.65 bits per heavy atom. The number of nitrogen functional groups attached to an aromatic ring is 1. The number of pyridine rings is 1. The van der Waals surface area contributed by atoms with E-state index in [2.05, 4.69) is 25.3 Å². The van der Waals surface area contributed by atoms with Gasteiger partial charge in [-0.3, -0.25) is 4.79 Å². The Kier molecular flexibility index (Phi) is 7.30. The fraction of sp³-hybridized carbons (Fsp3) is 0.167. The molecule has 8 rings (SSSR count). The average Bonchev–Trinajstić information content (AvgIpc) is 3.82. The van der Waals surface area contributed by atoms with Gasteiger partial charge in [0.2, 0.25) is 5.78 Å². The van der Waals surface area contributed by atoms with Crippen molar-refractivity contribution in [3.05, 3.63) is 114 Å². The number of imidazole rings is 1. The Balaban J connectivity index is 1.24. The number of rotatable bonds is 7. The summed E-state index contributed by atoms with van der Waals surface area (Å²) in [7, 11) is -4.24. The third-order valence-corrected chi connectivity index (χ3v) is 10.7. The van der Waals surface area contributed by atoms with Crippen molar-refractivity contribution in [2.24, 2.45) is 0 Å². The van der Waals surface area contributed by atoms with Crippen molar-refractivity contribution >= 4 is 49.4 Å². The van der Waals surface area contributed by atoms with E-state index >= 15 is 0 Å². The molecule has 4 aromatic heterocycles. The van der Waals surface area contributed by atoms with Crippen molar-refractivity contribution in [2.45, 2.75) is 18.7 Å². The van der Waals surface area contributed by atoms with Gasteiger partial charge in [-0.25, -0.2) is 27.0 Å². The molecule has 1 fully saturated rings. The van der Waals surface area contributed by atoms with E-state index in [1.165, 1.54) is 10.9 Å². The van der Waals surface area contributed by atoms with E-state index in [1.54, 1.807) is 42.6 Å². The number of carbonyl (C=O) groups is 1. The van der Waals surface area contributed by atoms with Crippen molar-refractivity contribution in [1.29, 1.82) is 0 Å². The van der Waals surface area contributed by atoms with Crippen LogP contribution in [0.4, 0.5) is 11.6 Å². The lowest BCUT2D eigenvalue weighted by Gasteiger charge is -2.28. The SMILES string of the molecule is Cc1ccc(S(=O)(=O)n2c(C(=O)c3cnn(-c4ccc5[nH]c(C)nc5c4)c3N)cc3ccc(-c4ccc(N5CCNCC5)nc4)cc32)cc1. The first-order valence-corrected chi connectivity index (χ1v) is 17.4. The van der Waals surface area contributed by atoms with Gasteiger partial charge in [-0.2, -0.15) is 5.10 Å². The predicted octanol–water partition coefficient (Wildman–Crippen LogP) is 4.84. The smallest absolute Gasteiger partial charge is 0.268 e. The number of nitrogens with zero attached hydrogens (tertiary/aromatic N) is 6. The highest BCUT2D eigenvalue weighted by atomic mass is 32.2. The quantitative estimate of drug-likeness (QED) is 0.202. The fourth-order valence-electron chi connectivity index (χ4n) is 6.36. The Labute approximate surface area is 282 Å². The topological polar surface area (TPSA) is 157 Å². The minimum absolute atomic E-state index is 0.0514. The lowest BCUT2D eigenvalue weighted by atomic mass is 10.1. The van der Waals surface area contributed by atoms with Gasteiger partial charge in [0.15, 0.2) is 0 Å². The molecule has 0 aliphatic carbocycles. The summed E-state index contributed by atoms with van der Waals surface area (Å²) < 4.78 is 31.4. The molecule has 0 amide bonds. The molecule has 7 aromatic rings. The molecule has 1 saturated heterocycles. The molecule has 49 heavy (non-hydrogen) atoms. The molecular formula is C36H33N9O3S. The molecule has 4 N–H and O–H groups in total. The van der Waals surface area contributed by atoms with Crippen LogP contribution in [0.3, 0.4) is 0 Å². The monoisotopic (exact) mass is 671 g/mol. The Bertz CT molecular complexity index is 2490. The van der Waals surface area contributed by atoms with Gasteiger partial charge in [-0.1, -0.05) is 29.8 Å². The van der Waals surface area contributed by atoms with Crippen LogP contribution in [0.1, 0.15) is 27.4 Å². The van der Waals surface area contributed by atoms with Crippen LogP contribution in [-0.4, -0.2) is 69.1 Å². The zero-order valence-corrected chi connectivity index (χ0v) is 27.7. The van der Waals surface area contributed by atoms with Crippen molar-refractivity contribution in [3.8, 4) is 16.8 Å². The molecule has 0 bridgehead atoms. The first kappa shape index (κ1) is 30.5. The number of fused-ring (bicyclic) bond motifs is 2. The summed E-state index contributed by atoms with van der Waals surface area (Å²) in [5.74, 6) is 1.17. The number of piperazine rings is 1. The molecule has 0 saturated carbocycles. The molecule has 13 heteroatoms. The molecule has 3 aromatic carbocycles. The third-order valence-electron chi connectivity index (χ3n) is 8.95. The van der Waals surface area contributed by atoms with Crippen LogP contribution in [0.15, 0.2) is 96.2 Å². The lowest BCUT2D eigenvalue weighted by Crippen LogP contribution is -2.43. The van der Waals surface area contributed by atoms with Gasteiger partial charge >= 0.3 is 0 Å². The number of aromatic nitrogens is 6. The summed E-state index contributed by atoms with van der Waals surface area (Å²) in [6.45, 7) is 7.31. The van der Waals surface area contributed by atoms with Gasteiger partial charge in [0.25, 0.3) is 10.0 Å². The second kappa shape index (κ2) is 11.7. The van der Waals surface area contributed by atoms with E-state index in [-0.39, 0.29) is 22.0 Å². The highest BCUT2D eigenvalue weighted by molar-refractivity contribution is 7.90. The normalized spacial score (nSPS) is 13.8. The molecule has 0 radical (unpaired) electrons. The summed E-state index contributed by atoms with van der Waals surface area (Å²) in [6.07, 6.45) is 3.16. The zero-order valence-electron chi connectivity index (χ0n) is 26.9. The number of carbonyl (C=O) groups excluding carboxylic acids is 1. The first-order chi connectivity index (χ1) is 23.7. The van der Waals surface area contributed by atoms with Gasteiger partial charge in [-0.05, 0) is 74.0 Å². The summed E-state index contributed by atoms with van der Waals surface area (Å²) in [5.41, 5.74) is 11.6. The van der Waals surface area contributed by atoms with Crippen LogP contribution in [0.25, 0.3) is 38.8 Å². The molecule has 0 spiro atoms. The summed E-state index contributed by atoms with van der Waals surface area (Å²) >= 11 is 0. The number of nitrogens with one attached hydrogen (secondary N) is 2. The van der Waals surface area contributed by atoms with E-state index < -0.39 is 15.8 Å². The Morgan fingerprint density at radius 1 is 0.878 bits per heavy atom.